The van der Waals surface area contributed by atoms with Crippen molar-refractivity contribution in [1.29, 1.82) is 0 Å². The Labute approximate surface area is 51.1 Å². The third kappa shape index (κ3) is 3.74. The number of nitrogens with one attached hydrogen (secondary N) is 2. The van der Waals surface area contributed by atoms with Crippen molar-refractivity contribution in [3.05, 3.63) is 0 Å². The van der Waals surface area contributed by atoms with Gasteiger partial charge in [-0.15, -0.1) is 0 Å². The maximum Gasteiger partial charge on any atom is 0.221 e. The molecule has 2 N–H and O–H groups in total. The molecule has 1 amide bonds. The third-order valence-corrected chi connectivity index (χ3v) is 0.814. The molecule has 0 aromatic carbocycles. The van der Waals surface area contributed by atoms with E-state index < -0.39 is 0 Å². The van der Waals surface area contributed by atoms with Gasteiger partial charge in [-0.25, -0.2) is 0 Å². The minimum absolute atomic E-state index is 0.0341. The fourth-order valence-electron chi connectivity index (χ4n) is 0.327. The van der Waals surface area contributed by atoms with Crippen LogP contribution in [0.4, 0.5) is 0 Å². The molecule has 0 bridgehead atoms. The first-order chi connectivity index (χ1) is 3.81. The van der Waals surface area contributed by atoms with E-state index in [2.05, 4.69) is 10.5 Å². The van der Waals surface area contributed by atoms with Gasteiger partial charge in [0.1, 0.15) is 7.85 Å². The second-order valence-corrected chi connectivity index (χ2v) is 1.45. The maximum absolute atomic E-state index is 10.4. The summed E-state index contributed by atoms with van der Waals surface area (Å²) in [7, 11) is 3.59. The number of carbonyl (C=O) groups excluding carboxylic acids is 1. The van der Waals surface area contributed by atoms with Crippen molar-refractivity contribution in [3.8, 4) is 0 Å². The molecule has 0 aromatic heterocycles. The summed E-state index contributed by atoms with van der Waals surface area (Å²) in [6.45, 7) is 0.424. The lowest BCUT2D eigenvalue weighted by molar-refractivity contribution is -0.118. The average Bonchev–Trinajstić information content (AvgIpc) is 1.83. The number of rotatable bonds is 3. The van der Waals surface area contributed by atoms with E-state index in [4.69, 9.17) is 0 Å². The minimum Gasteiger partial charge on any atom is -0.405 e. The van der Waals surface area contributed by atoms with E-state index >= 15 is 0 Å². The highest BCUT2D eigenvalue weighted by Gasteiger charge is 1.90. The molecule has 0 aliphatic rings. The van der Waals surface area contributed by atoms with Gasteiger partial charge in [-0.2, -0.15) is 0 Å². The lowest BCUT2D eigenvalue weighted by atomic mass is 10.2. The zero-order valence-electron chi connectivity index (χ0n) is 5.32. The van der Waals surface area contributed by atoms with E-state index in [9.17, 15) is 4.79 Å². The van der Waals surface area contributed by atoms with Crippen molar-refractivity contribution < 1.29 is 4.79 Å². The van der Waals surface area contributed by atoms with Crippen molar-refractivity contribution in [1.82, 2.24) is 10.5 Å². The molecule has 5 heteroatoms. The van der Waals surface area contributed by atoms with Gasteiger partial charge >= 0.3 is 0 Å². The molecule has 0 radical (unpaired) electrons. The molecule has 0 saturated heterocycles. The van der Waals surface area contributed by atoms with Gasteiger partial charge in [0.2, 0.25) is 13.9 Å². The van der Waals surface area contributed by atoms with Gasteiger partial charge in [-0.3, -0.25) is 4.79 Å². The second kappa shape index (κ2) is 4.71. The molecule has 0 aliphatic heterocycles. The van der Waals surface area contributed by atoms with E-state index in [0.717, 1.165) is 6.44 Å². The number of hydrogen-bond acceptors (Lipinski definition) is 2. The predicted octanol–water partition coefficient (Wildman–Crippen LogP) is -3.17. The highest BCUT2D eigenvalue weighted by molar-refractivity contribution is 6.14. The molecular weight excluding hydrogens is 102 g/mol. The largest absolute Gasteiger partial charge is 0.405 e. The molecule has 44 valence electrons. The van der Waals surface area contributed by atoms with Gasteiger partial charge in [0.25, 0.3) is 0 Å². The van der Waals surface area contributed by atoms with Gasteiger partial charge in [0.15, 0.2) is 0 Å². The van der Waals surface area contributed by atoms with Crippen LogP contribution in [0.2, 0.25) is 0 Å². The summed E-state index contributed by atoms with van der Waals surface area (Å²) >= 11 is 0. The van der Waals surface area contributed by atoms with Crippen molar-refractivity contribution in [3.63, 3.8) is 0 Å². The van der Waals surface area contributed by atoms with Crippen LogP contribution in [-0.4, -0.2) is 34.7 Å². The van der Waals surface area contributed by atoms with Crippen LogP contribution in [0.3, 0.4) is 0 Å². The Morgan fingerprint density at radius 3 is 2.62 bits per heavy atom. The van der Waals surface area contributed by atoms with Crippen LogP contribution in [0.15, 0.2) is 0 Å². The topological polar surface area (TPSA) is 41.1 Å². The Hall–Kier alpha value is -0.440. The first-order valence-electron chi connectivity index (χ1n) is 2.72. The Balaban J connectivity index is 2.99. The fourth-order valence-corrected chi connectivity index (χ4v) is 0.327. The summed E-state index contributed by atoms with van der Waals surface area (Å²) in [5.74, 6) is 0.0341. The second-order valence-electron chi connectivity index (χ2n) is 1.45. The quantitative estimate of drug-likeness (QED) is 0.378. The molecule has 0 rings (SSSR count). The Kier molecular flexibility index (Phi) is 4.45. The number of hydrogen-bond donors (Lipinski definition) is 2. The van der Waals surface area contributed by atoms with Crippen LogP contribution in [0.1, 0.15) is 0 Å². The molecule has 0 fully saturated rings. The standard InChI is InChI=1S/C3H10B2N2O/c4-2-6-1-3(8)7-5/h6H,1-2,4-5H2,(H,7,8). The first kappa shape index (κ1) is 7.56. The zero-order valence-corrected chi connectivity index (χ0v) is 5.32. The Bertz CT molecular complexity index is 77.7. The molecule has 0 atom stereocenters. The van der Waals surface area contributed by atoms with Crippen LogP contribution in [0.5, 0.6) is 0 Å². The molecule has 0 aliphatic carbocycles. The number of amides is 1. The fraction of sp³-hybridized carbons (Fsp3) is 0.667. The average molecular weight is 112 g/mol. The van der Waals surface area contributed by atoms with Gasteiger partial charge < -0.3 is 10.5 Å². The van der Waals surface area contributed by atoms with E-state index in [1.807, 2.05) is 7.85 Å². The SMILES string of the molecule is BCNCC(=O)NB. The van der Waals surface area contributed by atoms with E-state index in [-0.39, 0.29) is 5.91 Å². The first-order valence-corrected chi connectivity index (χ1v) is 2.72. The minimum atomic E-state index is 0.0341. The van der Waals surface area contributed by atoms with Crippen LogP contribution in [0.25, 0.3) is 0 Å². The van der Waals surface area contributed by atoms with Gasteiger partial charge in [0, 0.05) is 0 Å². The Morgan fingerprint density at radius 2 is 2.25 bits per heavy atom. The molecule has 0 heterocycles. The third-order valence-electron chi connectivity index (χ3n) is 0.814. The monoisotopic (exact) mass is 112 g/mol. The lowest BCUT2D eigenvalue weighted by Crippen LogP contribution is -2.32. The van der Waals surface area contributed by atoms with Crippen LogP contribution in [0, 0.1) is 0 Å². The Morgan fingerprint density at radius 1 is 1.62 bits per heavy atom. The van der Waals surface area contributed by atoms with Crippen LogP contribution < -0.4 is 10.5 Å². The van der Waals surface area contributed by atoms with E-state index in [1.165, 1.54) is 0 Å². The van der Waals surface area contributed by atoms with E-state index in [1.54, 1.807) is 7.98 Å². The van der Waals surface area contributed by atoms with E-state index in [0.29, 0.717) is 6.54 Å². The summed E-state index contributed by atoms with van der Waals surface area (Å²) in [5, 5.41) is 5.39. The molecule has 0 aromatic rings. The summed E-state index contributed by atoms with van der Waals surface area (Å²) in [5.41, 5.74) is 0. The van der Waals surface area contributed by atoms with Gasteiger partial charge in [-0.05, 0) is 6.44 Å². The summed E-state index contributed by atoms with van der Waals surface area (Å²) in [4.78, 5) is 10.4. The normalized spacial score (nSPS) is 8.50. The van der Waals surface area contributed by atoms with Crippen molar-refractivity contribution >= 4 is 21.7 Å². The van der Waals surface area contributed by atoms with Crippen LogP contribution >= 0.6 is 0 Å². The predicted molar refractivity (Wildman–Crippen MR) is 38.1 cm³/mol. The molecule has 8 heavy (non-hydrogen) atoms. The van der Waals surface area contributed by atoms with Crippen molar-refractivity contribution in [2.24, 2.45) is 0 Å². The molecule has 0 saturated carbocycles. The summed E-state index contributed by atoms with van der Waals surface area (Å²) in [6, 6.07) is 0. The maximum atomic E-state index is 10.4. The lowest BCUT2D eigenvalue weighted by Gasteiger charge is -1.97. The highest BCUT2D eigenvalue weighted by Crippen LogP contribution is 1.55. The highest BCUT2D eigenvalue weighted by atomic mass is 16.1. The van der Waals surface area contributed by atoms with Crippen molar-refractivity contribution in [2.75, 3.05) is 13.0 Å². The summed E-state index contributed by atoms with van der Waals surface area (Å²) in [6.07, 6.45) is 0.841. The molecule has 3 nitrogen and oxygen atoms in total. The smallest absolute Gasteiger partial charge is 0.221 e. The molecule has 0 spiro atoms. The number of carbonyl (C=O) groups is 1. The van der Waals surface area contributed by atoms with Gasteiger partial charge in [-0.1, -0.05) is 0 Å². The van der Waals surface area contributed by atoms with Crippen molar-refractivity contribution in [2.45, 2.75) is 0 Å². The van der Waals surface area contributed by atoms with Crippen LogP contribution in [-0.2, 0) is 4.79 Å². The molecule has 0 unspecified atom stereocenters. The summed E-state index contributed by atoms with van der Waals surface area (Å²) < 4.78 is 0. The molecular formula is C3H10B2N2O. The van der Waals surface area contributed by atoms with Gasteiger partial charge in [0.05, 0.1) is 6.54 Å². The zero-order chi connectivity index (χ0) is 6.41.